The number of fused-ring (bicyclic) bond motifs is 1. The maximum atomic E-state index is 11.1. The van der Waals surface area contributed by atoms with Gasteiger partial charge in [0.2, 0.25) is 0 Å². The Morgan fingerprint density at radius 2 is 2.25 bits per heavy atom. The molecule has 0 spiro atoms. The molecule has 0 bridgehead atoms. The van der Waals surface area contributed by atoms with Gasteiger partial charge in [0.1, 0.15) is 6.04 Å². The molecule has 1 unspecified atom stereocenters. The molecule has 3 nitrogen and oxygen atoms in total. The van der Waals surface area contributed by atoms with Crippen LogP contribution in [0.2, 0.25) is 0 Å². The van der Waals surface area contributed by atoms with Crippen LogP contribution in [0.3, 0.4) is 0 Å². The summed E-state index contributed by atoms with van der Waals surface area (Å²) in [4.78, 5) is 11.1. The summed E-state index contributed by atoms with van der Waals surface area (Å²) in [6.45, 7) is 4.48. The predicted octanol–water partition coefficient (Wildman–Crippen LogP) is 0.546. The Morgan fingerprint density at radius 3 is 2.67 bits per heavy atom. The number of methoxy groups -OCH3 is 1. The van der Waals surface area contributed by atoms with E-state index in [9.17, 15) is 4.79 Å². The van der Waals surface area contributed by atoms with Crippen LogP contribution in [-0.4, -0.2) is 25.2 Å². The highest BCUT2D eigenvalue weighted by atomic mass is 16.5. The third kappa shape index (κ3) is 0.891. The van der Waals surface area contributed by atoms with E-state index in [1.807, 2.05) is 0 Å². The Balaban J connectivity index is 1.94. The number of carbonyl (C=O) groups is 1. The summed E-state index contributed by atoms with van der Waals surface area (Å²) in [6.07, 6.45) is 0.949. The van der Waals surface area contributed by atoms with Crippen LogP contribution in [0.15, 0.2) is 0 Å². The van der Waals surface area contributed by atoms with Gasteiger partial charge in [-0.15, -0.1) is 0 Å². The van der Waals surface area contributed by atoms with Crippen molar-refractivity contribution in [1.29, 1.82) is 0 Å². The topological polar surface area (TPSA) is 38.3 Å². The highest BCUT2D eigenvalue weighted by Gasteiger charge is 2.63. The van der Waals surface area contributed by atoms with Crippen molar-refractivity contribution in [3.63, 3.8) is 0 Å². The van der Waals surface area contributed by atoms with Gasteiger partial charge in [0.05, 0.1) is 7.11 Å². The second-order valence-corrected chi connectivity index (χ2v) is 4.38. The lowest BCUT2D eigenvalue weighted by Gasteiger charge is -2.15. The average molecular weight is 169 g/mol. The molecule has 2 rings (SSSR count). The summed E-state index contributed by atoms with van der Waals surface area (Å²) in [5, 5.41) is 3.29. The number of carbonyl (C=O) groups excluding carboxylic acids is 1. The lowest BCUT2D eigenvalue weighted by molar-refractivity contribution is -0.143. The van der Waals surface area contributed by atoms with Crippen LogP contribution in [0.1, 0.15) is 20.3 Å². The van der Waals surface area contributed by atoms with Crippen LogP contribution in [0.5, 0.6) is 0 Å². The van der Waals surface area contributed by atoms with Crippen molar-refractivity contribution >= 4 is 5.97 Å². The Labute approximate surface area is 72.5 Å². The molecular weight excluding hydrogens is 154 g/mol. The van der Waals surface area contributed by atoms with Gasteiger partial charge >= 0.3 is 5.97 Å². The molecule has 0 radical (unpaired) electrons. The SMILES string of the molecule is COC(=O)C1C[C@H]2[C@@H](N1)C2(C)C. The van der Waals surface area contributed by atoms with Gasteiger partial charge in [0.15, 0.2) is 0 Å². The van der Waals surface area contributed by atoms with Gasteiger partial charge in [-0.1, -0.05) is 13.8 Å². The molecule has 2 fully saturated rings. The number of rotatable bonds is 1. The van der Waals surface area contributed by atoms with Gasteiger partial charge in [-0.3, -0.25) is 4.79 Å². The molecule has 0 aromatic carbocycles. The molecule has 12 heavy (non-hydrogen) atoms. The number of hydrogen-bond acceptors (Lipinski definition) is 3. The van der Waals surface area contributed by atoms with Crippen molar-refractivity contribution in [3.8, 4) is 0 Å². The zero-order valence-electron chi connectivity index (χ0n) is 7.76. The molecule has 1 aliphatic carbocycles. The quantitative estimate of drug-likeness (QED) is 0.582. The number of hydrogen-bond donors (Lipinski definition) is 1. The van der Waals surface area contributed by atoms with Crippen LogP contribution in [-0.2, 0) is 9.53 Å². The zero-order valence-corrected chi connectivity index (χ0v) is 7.76. The minimum absolute atomic E-state index is 0.0435. The van der Waals surface area contributed by atoms with Gasteiger partial charge in [-0.05, 0) is 17.8 Å². The van der Waals surface area contributed by atoms with Crippen molar-refractivity contribution in [3.05, 3.63) is 0 Å². The van der Waals surface area contributed by atoms with E-state index in [1.165, 1.54) is 7.11 Å². The Hall–Kier alpha value is -0.570. The predicted molar refractivity (Wildman–Crippen MR) is 44.6 cm³/mol. The molecule has 2 aliphatic rings. The molecule has 1 saturated carbocycles. The van der Waals surface area contributed by atoms with E-state index in [1.54, 1.807) is 0 Å². The Morgan fingerprint density at radius 1 is 1.58 bits per heavy atom. The fourth-order valence-electron chi connectivity index (χ4n) is 2.36. The van der Waals surface area contributed by atoms with E-state index < -0.39 is 0 Å². The molecule has 0 amide bonds. The van der Waals surface area contributed by atoms with Gasteiger partial charge in [0, 0.05) is 6.04 Å². The summed E-state index contributed by atoms with van der Waals surface area (Å²) in [5.41, 5.74) is 0.407. The third-order valence-electron chi connectivity index (χ3n) is 3.41. The fraction of sp³-hybridized carbons (Fsp3) is 0.889. The number of esters is 1. The van der Waals surface area contributed by atoms with Gasteiger partial charge in [-0.2, -0.15) is 0 Å². The first-order chi connectivity index (χ1) is 5.57. The highest BCUT2D eigenvalue weighted by molar-refractivity contribution is 5.76. The molecule has 1 N–H and O–H groups in total. The summed E-state index contributed by atoms with van der Waals surface area (Å²) < 4.78 is 4.67. The molecule has 1 heterocycles. The van der Waals surface area contributed by atoms with E-state index in [0.717, 1.165) is 6.42 Å². The molecule has 0 aromatic heterocycles. The number of nitrogens with one attached hydrogen (secondary N) is 1. The van der Waals surface area contributed by atoms with E-state index in [0.29, 0.717) is 17.4 Å². The molecule has 1 saturated heterocycles. The van der Waals surface area contributed by atoms with Gasteiger partial charge < -0.3 is 10.1 Å². The first-order valence-corrected chi connectivity index (χ1v) is 4.41. The largest absolute Gasteiger partial charge is 0.468 e. The van der Waals surface area contributed by atoms with Crippen molar-refractivity contribution in [2.24, 2.45) is 11.3 Å². The van der Waals surface area contributed by atoms with E-state index in [-0.39, 0.29) is 12.0 Å². The van der Waals surface area contributed by atoms with Crippen molar-refractivity contribution < 1.29 is 9.53 Å². The minimum Gasteiger partial charge on any atom is -0.468 e. The average Bonchev–Trinajstić information content (AvgIpc) is 2.52. The molecule has 3 heteroatoms. The zero-order chi connectivity index (χ0) is 8.93. The van der Waals surface area contributed by atoms with Crippen LogP contribution in [0.25, 0.3) is 0 Å². The summed E-state index contributed by atoms with van der Waals surface area (Å²) in [5.74, 6) is 0.569. The second-order valence-electron chi connectivity index (χ2n) is 4.38. The second kappa shape index (κ2) is 2.22. The summed E-state index contributed by atoms with van der Waals surface area (Å²) in [7, 11) is 1.44. The molecule has 1 aliphatic heterocycles. The monoisotopic (exact) mass is 169 g/mol. The van der Waals surface area contributed by atoms with Crippen molar-refractivity contribution in [2.75, 3.05) is 7.11 Å². The molecule has 3 atom stereocenters. The van der Waals surface area contributed by atoms with Crippen LogP contribution in [0, 0.1) is 11.3 Å². The number of ether oxygens (including phenoxy) is 1. The Kier molecular flexibility index (Phi) is 1.49. The van der Waals surface area contributed by atoms with E-state index in [4.69, 9.17) is 0 Å². The lowest BCUT2D eigenvalue weighted by Crippen LogP contribution is -2.37. The molecular formula is C9H15NO2. The van der Waals surface area contributed by atoms with E-state index in [2.05, 4.69) is 23.9 Å². The first-order valence-electron chi connectivity index (χ1n) is 4.41. The molecule has 0 aromatic rings. The van der Waals surface area contributed by atoms with Crippen molar-refractivity contribution in [1.82, 2.24) is 5.32 Å². The standard InChI is InChI=1S/C9H15NO2/c1-9(2)5-4-6(8(11)12-3)10-7(5)9/h5-7,10H,4H2,1-3H3/t5-,6?,7+/m0/s1. The first kappa shape index (κ1) is 8.05. The van der Waals surface area contributed by atoms with Crippen LogP contribution >= 0.6 is 0 Å². The fourth-order valence-corrected chi connectivity index (χ4v) is 2.36. The van der Waals surface area contributed by atoms with E-state index >= 15 is 0 Å². The highest BCUT2D eigenvalue weighted by Crippen LogP contribution is 2.57. The molecule has 68 valence electrons. The van der Waals surface area contributed by atoms with Gasteiger partial charge in [0.25, 0.3) is 0 Å². The normalized spacial score (nSPS) is 42.1. The smallest absolute Gasteiger partial charge is 0.322 e. The minimum atomic E-state index is -0.113. The van der Waals surface area contributed by atoms with Crippen molar-refractivity contribution in [2.45, 2.75) is 32.4 Å². The van der Waals surface area contributed by atoms with Crippen LogP contribution < -0.4 is 5.32 Å². The summed E-state index contributed by atoms with van der Waals surface area (Å²) >= 11 is 0. The lowest BCUT2D eigenvalue weighted by atomic mass is 10.0. The number of piperidine rings is 1. The summed E-state index contributed by atoms with van der Waals surface area (Å²) in [6, 6.07) is 0.500. The third-order valence-corrected chi connectivity index (χ3v) is 3.41. The Bertz CT molecular complexity index is 211. The maximum Gasteiger partial charge on any atom is 0.322 e. The van der Waals surface area contributed by atoms with Crippen LogP contribution in [0.4, 0.5) is 0 Å². The maximum absolute atomic E-state index is 11.1. The van der Waals surface area contributed by atoms with Gasteiger partial charge in [-0.25, -0.2) is 0 Å².